The van der Waals surface area contributed by atoms with E-state index in [4.69, 9.17) is 0 Å². The zero-order valence-corrected chi connectivity index (χ0v) is 9.10. The molecule has 2 rings (SSSR count). The number of likely N-dealkylation sites (N-methyl/N-ethyl adjacent to an activating group) is 1. The fourth-order valence-corrected chi connectivity index (χ4v) is 2.72. The Balaban J connectivity index is 1.91. The van der Waals surface area contributed by atoms with E-state index in [9.17, 15) is 0 Å². The van der Waals surface area contributed by atoms with E-state index in [1.165, 1.54) is 18.4 Å². The van der Waals surface area contributed by atoms with Crippen LogP contribution in [-0.2, 0) is 6.42 Å². The Morgan fingerprint density at radius 3 is 2.92 bits per heavy atom. The van der Waals surface area contributed by atoms with Crippen LogP contribution in [0.2, 0.25) is 0 Å². The highest BCUT2D eigenvalue weighted by atomic mass is 32.1. The molecule has 72 valence electrons. The number of nitrogens with one attached hydrogen (secondary N) is 1. The Bertz CT molecular complexity index is 255. The molecule has 1 nitrogen and oxygen atoms in total. The van der Waals surface area contributed by atoms with Gasteiger partial charge in [-0.1, -0.05) is 6.92 Å². The lowest BCUT2D eigenvalue weighted by atomic mass is 10.0. The van der Waals surface area contributed by atoms with Gasteiger partial charge >= 0.3 is 0 Å². The highest BCUT2D eigenvalue weighted by Crippen LogP contribution is 2.41. The Hall–Kier alpha value is -0.340. The van der Waals surface area contributed by atoms with Gasteiger partial charge in [0.25, 0.3) is 0 Å². The minimum Gasteiger partial charge on any atom is -0.316 e. The molecule has 1 N–H and O–H groups in total. The highest BCUT2D eigenvalue weighted by Gasteiger charge is 2.38. The van der Waals surface area contributed by atoms with Crippen molar-refractivity contribution in [1.82, 2.24) is 5.32 Å². The summed E-state index contributed by atoms with van der Waals surface area (Å²) in [7, 11) is 2.09. The molecule has 0 spiro atoms. The molecular formula is C11H17NS. The van der Waals surface area contributed by atoms with Crippen molar-refractivity contribution in [3.8, 4) is 0 Å². The zero-order chi connectivity index (χ0) is 9.26. The first-order chi connectivity index (χ1) is 6.31. The molecule has 1 aliphatic rings. The van der Waals surface area contributed by atoms with Crippen LogP contribution in [0.4, 0.5) is 0 Å². The van der Waals surface area contributed by atoms with Crippen LogP contribution in [0.1, 0.15) is 18.9 Å². The Morgan fingerprint density at radius 1 is 1.69 bits per heavy atom. The highest BCUT2D eigenvalue weighted by molar-refractivity contribution is 7.07. The van der Waals surface area contributed by atoms with Crippen LogP contribution in [0.25, 0.3) is 0 Å². The van der Waals surface area contributed by atoms with Crippen LogP contribution >= 0.6 is 11.3 Å². The summed E-state index contributed by atoms with van der Waals surface area (Å²) in [5, 5.41) is 7.86. The first-order valence-electron chi connectivity index (χ1n) is 4.99. The second-order valence-corrected chi connectivity index (χ2v) is 4.89. The average molecular weight is 195 g/mol. The van der Waals surface area contributed by atoms with Crippen molar-refractivity contribution < 1.29 is 0 Å². The van der Waals surface area contributed by atoms with Gasteiger partial charge in [0.05, 0.1) is 0 Å². The molecule has 1 aliphatic carbocycles. The van der Waals surface area contributed by atoms with E-state index in [-0.39, 0.29) is 0 Å². The Labute approximate surface area is 84.2 Å². The van der Waals surface area contributed by atoms with E-state index >= 15 is 0 Å². The number of hydrogen-bond acceptors (Lipinski definition) is 2. The molecule has 0 amide bonds. The van der Waals surface area contributed by atoms with Crippen molar-refractivity contribution in [2.75, 3.05) is 7.05 Å². The first-order valence-corrected chi connectivity index (χ1v) is 5.94. The predicted molar refractivity (Wildman–Crippen MR) is 58.1 cm³/mol. The Morgan fingerprint density at radius 2 is 2.46 bits per heavy atom. The quantitative estimate of drug-likeness (QED) is 0.778. The monoisotopic (exact) mass is 195 g/mol. The summed E-state index contributed by atoms with van der Waals surface area (Å²) in [5.74, 6) is 1.86. The topological polar surface area (TPSA) is 12.0 Å². The van der Waals surface area contributed by atoms with Crippen molar-refractivity contribution in [3.63, 3.8) is 0 Å². The van der Waals surface area contributed by atoms with Gasteiger partial charge in [0, 0.05) is 6.04 Å². The van der Waals surface area contributed by atoms with Crippen LogP contribution in [-0.4, -0.2) is 13.1 Å². The lowest BCUT2D eigenvalue weighted by Crippen LogP contribution is -2.30. The summed E-state index contributed by atoms with van der Waals surface area (Å²) in [6, 6.07) is 2.94. The van der Waals surface area contributed by atoms with Gasteiger partial charge in [-0.3, -0.25) is 0 Å². The fraction of sp³-hybridized carbons (Fsp3) is 0.636. The third-order valence-electron chi connectivity index (χ3n) is 3.10. The fourth-order valence-electron chi connectivity index (χ4n) is 2.04. The third-order valence-corrected chi connectivity index (χ3v) is 3.83. The van der Waals surface area contributed by atoms with Crippen LogP contribution in [0.3, 0.4) is 0 Å². The summed E-state index contributed by atoms with van der Waals surface area (Å²) in [6.07, 6.45) is 2.62. The van der Waals surface area contributed by atoms with Crippen LogP contribution < -0.4 is 5.32 Å². The summed E-state index contributed by atoms with van der Waals surface area (Å²) >= 11 is 1.80. The van der Waals surface area contributed by atoms with E-state index in [1.54, 1.807) is 11.3 Å². The molecular weight excluding hydrogens is 178 g/mol. The van der Waals surface area contributed by atoms with Gasteiger partial charge in [-0.15, -0.1) is 0 Å². The molecule has 0 aliphatic heterocycles. The largest absolute Gasteiger partial charge is 0.316 e. The van der Waals surface area contributed by atoms with Gasteiger partial charge in [0.15, 0.2) is 0 Å². The van der Waals surface area contributed by atoms with Gasteiger partial charge in [-0.2, -0.15) is 11.3 Å². The van der Waals surface area contributed by atoms with Crippen molar-refractivity contribution in [1.29, 1.82) is 0 Å². The molecule has 1 fully saturated rings. The second kappa shape index (κ2) is 3.81. The normalized spacial score (nSPS) is 28.8. The van der Waals surface area contributed by atoms with E-state index in [0.29, 0.717) is 6.04 Å². The molecule has 0 aromatic carbocycles. The predicted octanol–water partition coefficient (Wildman–Crippen LogP) is 2.53. The average Bonchev–Trinajstić information content (AvgIpc) is 2.68. The minimum atomic E-state index is 0.699. The molecule has 0 saturated heterocycles. The smallest absolute Gasteiger partial charge is 0.0136 e. The van der Waals surface area contributed by atoms with E-state index < -0.39 is 0 Å². The van der Waals surface area contributed by atoms with Gasteiger partial charge in [0.2, 0.25) is 0 Å². The molecule has 1 heterocycles. The number of thiophene rings is 1. The molecule has 3 atom stereocenters. The summed E-state index contributed by atoms with van der Waals surface area (Å²) in [6.45, 7) is 2.35. The maximum Gasteiger partial charge on any atom is 0.0136 e. The molecule has 1 aromatic heterocycles. The molecule has 0 radical (unpaired) electrons. The Kier molecular flexibility index (Phi) is 2.70. The second-order valence-electron chi connectivity index (χ2n) is 4.11. The van der Waals surface area contributed by atoms with Gasteiger partial charge in [0.1, 0.15) is 0 Å². The number of hydrogen-bond donors (Lipinski definition) is 1. The summed E-state index contributed by atoms with van der Waals surface area (Å²) in [5.41, 5.74) is 1.49. The van der Waals surface area contributed by atoms with Gasteiger partial charge in [-0.05, 0) is 54.1 Å². The first kappa shape index (κ1) is 9.22. The zero-order valence-electron chi connectivity index (χ0n) is 8.29. The van der Waals surface area contributed by atoms with Crippen molar-refractivity contribution >= 4 is 11.3 Å². The van der Waals surface area contributed by atoms with Crippen LogP contribution in [0, 0.1) is 11.8 Å². The number of rotatable bonds is 4. The van der Waals surface area contributed by atoms with E-state index in [2.05, 4.69) is 36.1 Å². The standard InChI is InChI=1S/C11H17NS/c1-8-5-10(8)11(12-2)6-9-3-4-13-7-9/h3-4,7-8,10-12H,5-6H2,1-2H3. The van der Waals surface area contributed by atoms with Crippen LogP contribution in [0.15, 0.2) is 16.8 Å². The van der Waals surface area contributed by atoms with Crippen molar-refractivity contribution in [2.24, 2.45) is 11.8 Å². The van der Waals surface area contributed by atoms with Crippen LogP contribution in [0.5, 0.6) is 0 Å². The molecule has 1 aromatic rings. The maximum atomic E-state index is 3.44. The summed E-state index contributed by atoms with van der Waals surface area (Å²) in [4.78, 5) is 0. The molecule has 0 bridgehead atoms. The van der Waals surface area contributed by atoms with E-state index in [1.807, 2.05) is 0 Å². The van der Waals surface area contributed by atoms with Crippen molar-refractivity contribution in [2.45, 2.75) is 25.8 Å². The minimum absolute atomic E-state index is 0.699. The third kappa shape index (κ3) is 2.12. The molecule has 3 unspecified atom stereocenters. The molecule has 2 heteroatoms. The maximum absolute atomic E-state index is 3.44. The van der Waals surface area contributed by atoms with Crippen molar-refractivity contribution in [3.05, 3.63) is 22.4 Å². The van der Waals surface area contributed by atoms with Gasteiger partial charge in [-0.25, -0.2) is 0 Å². The molecule has 1 saturated carbocycles. The lowest BCUT2D eigenvalue weighted by Gasteiger charge is -2.14. The molecule has 13 heavy (non-hydrogen) atoms. The van der Waals surface area contributed by atoms with Gasteiger partial charge < -0.3 is 5.32 Å². The van der Waals surface area contributed by atoms with E-state index in [0.717, 1.165) is 11.8 Å². The lowest BCUT2D eigenvalue weighted by molar-refractivity contribution is 0.480. The summed E-state index contributed by atoms with van der Waals surface area (Å²) < 4.78 is 0. The SMILES string of the molecule is CNC(Cc1ccsc1)C1CC1C.